The maximum Gasteiger partial charge on any atom is 0.341 e. The average Bonchev–Trinajstić information content (AvgIpc) is 2.78. The van der Waals surface area contributed by atoms with Crippen molar-refractivity contribution < 1.29 is 17.9 Å². The minimum absolute atomic E-state index is 0.272. The lowest BCUT2D eigenvalue weighted by atomic mass is 9.97. The van der Waals surface area contributed by atoms with Gasteiger partial charge < -0.3 is 9.64 Å². The van der Waals surface area contributed by atoms with E-state index in [0.717, 1.165) is 31.5 Å². The number of hydrogen-bond donors (Lipinski definition) is 0. The number of hydrogen-bond acceptors (Lipinski definition) is 7. The molecule has 0 spiro atoms. The lowest BCUT2D eigenvalue weighted by Gasteiger charge is -2.34. The largest absolute Gasteiger partial charge is 0.462 e. The summed E-state index contributed by atoms with van der Waals surface area (Å²) in [7, 11) is -3.51. The number of ether oxygens (including phenoxy) is 1. The van der Waals surface area contributed by atoms with Gasteiger partial charge in [-0.25, -0.2) is 23.2 Å². The summed E-state index contributed by atoms with van der Waals surface area (Å²) in [5.41, 5.74) is 1.10. The number of aromatic nitrogens is 2. The Hall–Kier alpha value is -2.52. The van der Waals surface area contributed by atoms with Crippen molar-refractivity contribution in [2.45, 2.75) is 38.5 Å². The van der Waals surface area contributed by atoms with Crippen molar-refractivity contribution in [1.82, 2.24) is 14.3 Å². The number of carbonyl (C=O) groups is 1. The zero-order valence-corrected chi connectivity index (χ0v) is 19.1. The Morgan fingerprint density at radius 1 is 1.16 bits per heavy atom. The molecule has 2 heterocycles. The van der Waals surface area contributed by atoms with E-state index in [9.17, 15) is 13.2 Å². The summed E-state index contributed by atoms with van der Waals surface area (Å²) in [5, 5.41) is 0. The molecule has 3 rings (SSSR count). The molecule has 1 aliphatic rings. The van der Waals surface area contributed by atoms with Gasteiger partial charge in [0.1, 0.15) is 0 Å². The Morgan fingerprint density at radius 2 is 1.81 bits per heavy atom. The van der Waals surface area contributed by atoms with Gasteiger partial charge in [0.25, 0.3) is 0 Å². The second-order valence-corrected chi connectivity index (χ2v) is 9.55. The molecule has 8 nitrogen and oxygen atoms in total. The number of esters is 1. The molecule has 0 unspecified atom stereocenters. The molecule has 9 heteroatoms. The molecule has 0 aliphatic carbocycles. The lowest BCUT2D eigenvalue weighted by Crippen LogP contribution is -2.41. The van der Waals surface area contributed by atoms with Gasteiger partial charge in [0, 0.05) is 38.6 Å². The van der Waals surface area contributed by atoms with Gasteiger partial charge in [-0.2, -0.15) is 4.31 Å². The van der Waals surface area contributed by atoms with Gasteiger partial charge in [-0.15, -0.1) is 0 Å². The summed E-state index contributed by atoms with van der Waals surface area (Å²) in [5.74, 6) is 0.419. The highest BCUT2D eigenvalue weighted by atomic mass is 32.2. The van der Waals surface area contributed by atoms with Gasteiger partial charge in [-0.3, -0.25) is 0 Å². The van der Waals surface area contributed by atoms with Gasteiger partial charge in [0.05, 0.1) is 17.1 Å². The summed E-state index contributed by atoms with van der Waals surface area (Å²) in [4.78, 5) is 22.8. The predicted octanol–water partition coefficient (Wildman–Crippen LogP) is 2.89. The van der Waals surface area contributed by atoms with Crippen molar-refractivity contribution in [1.29, 1.82) is 0 Å². The first kappa shape index (κ1) is 23.1. The van der Waals surface area contributed by atoms with E-state index in [1.807, 2.05) is 26.0 Å². The van der Waals surface area contributed by atoms with Crippen LogP contribution in [-0.4, -0.2) is 61.4 Å². The molecule has 0 radical (unpaired) electrons. The van der Waals surface area contributed by atoms with Crippen LogP contribution in [0.4, 0.5) is 5.95 Å². The van der Waals surface area contributed by atoms with E-state index < -0.39 is 16.0 Å². The highest BCUT2D eigenvalue weighted by Gasteiger charge is 2.29. The van der Waals surface area contributed by atoms with Crippen molar-refractivity contribution in [3.05, 3.63) is 47.8 Å². The minimum Gasteiger partial charge on any atom is -0.462 e. The SMILES string of the molecule is CCOC(=O)c1cnc(N2CCC(CN(CC)S(=O)(=O)c3ccccc3C)CC2)nc1. The van der Waals surface area contributed by atoms with Gasteiger partial charge >= 0.3 is 5.97 Å². The van der Waals surface area contributed by atoms with Crippen LogP contribution in [0.25, 0.3) is 0 Å². The van der Waals surface area contributed by atoms with Crippen LogP contribution < -0.4 is 4.90 Å². The summed E-state index contributed by atoms with van der Waals surface area (Å²) < 4.78 is 32.8. The van der Waals surface area contributed by atoms with Crippen LogP contribution in [0.1, 0.15) is 42.6 Å². The van der Waals surface area contributed by atoms with Crippen molar-refractivity contribution >= 4 is 21.9 Å². The van der Waals surface area contributed by atoms with Gasteiger partial charge in [0.15, 0.2) is 0 Å². The molecule has 168 valence electrons. The summed E-state index contributed by atoms with van der Waals surface area (Å²) in [6.07, 6.45) is 4.67. The zero-order chi connectivity index (χ0) is 22.4. The number of anilines is 1. The molecule has 2 aromatic rings. The lowest BCUT2D eigenvalue weighted by molar-refractivity contribution is 0.0525. The Balaban J connectivity index is 1.60. The first-order valence-corrected chi connectivity index (χ1v) is 12.1. The van der Waals surface area contributed by atoms with E-state index in [1.165, 1.54) is 12.4 Å². The first-order valence-electron chi connectivity index (χ1n) is 10.7. The summed E-state index contributed by atoms with van der Waals surface area (Å²) in [6.45, 7) is 8.19. The number of rotatable bonds is 8. The highest BCUT2D eigenvalue weighted by Crippen LogP contribution is 2.25. The molecule has 1 fully saturated rings. The van der Waals surface area contributed by atoms with E-state index in [-0.39, 0.29) is 5.92 Å². The quantitative estimate of drug-likeness (QED) is 0.576. The fraction of sp³-hybridized carbons (Fsp3) is 0.500. The zero-order valence-electron chi connectivity index (χ0n) is 18.3. The van der Waals surface area contributed by atoms with E-state index >= 15 is 0 Å². The molecule has 1 saturated heterocycles. The third kappa shape index (κ3) is 5.40. The normalized spacial score (nSPS) is 15.3. The van der Waals surface area contributed by atoms with Crippen molar-refractivity contribution in [2.24, 2.45) is 5.92 Å². The number of carbonyl (C=O) groups excluding carboxylic acids is 1. The van der Waals surface area contributed by atoms with Crippen LogP contribution in [0.15, 0.2) is 41.6 Å². The molecule has 31 heavy (non-hydrogen) atoms. The third-order valence-electron chi connectivity index (χ3n) is 5.57. The topological polar surface area (TPSA) is 92.7 Å². The van der Waals surface area contributed by atoms with Crippen molar-refractivity contribution in [3.8, 4) is 0 Å². The second-order valence-electron chi connectivity index (χ2n) is 7.64. The molecule has 0 N–H and O–H groups in total. The van der Waals surface area contributed by atoms with E-state index in [1.54, 1.807) is 23.4 Å². The summed E-state index contributed by atoms with van der Waals surface area (Å²) >= 11 is 0. The smallest absolute Gasteiger partial charge is 0.341 e. The number of aryl methyl sites for hydroxylation is 1. The van der Waals surface area contributed by atoms with Crippen molar-refractivity contribution in [3.63, 3.8) is 0 Å². The predicted molar refractivity (Wildman–Crippen MR) is 119 cm³/mol. The summed E-state index contributed by atoms with van der Waals surface area (Å²) in [6, 6.07) is 7.11. The first-order chi connectivity index (χ1) is 14.9. The Bertz CT molecular complexity index is 987. The Labute approximate surface area is 184 Å². The monoisotopic (exact) mass is 446 g/mol. The maximum absolute atomic E-state index is 13.1. The molecule has 0 saturated carbocycles. The number of sulfonamides is 1. The molecule has 1 aromatic heterocycles. The van der Waals surface area contributed by atoms with Crippen LogP contribution in [0.3, 0.4) is 0 Å². The molecule has 0 atom stereocenters. The molecule has 1 aliphatic heterocycles. The molecular weight excluding hydrogens is 416 g/mol. The van der Waals surface area contributed by atoms with Crippen molar-refractivity contribution in [2.75, 3.05) is 37.7 Å². The van der Waals surface area contributed by atoms with E-state index in [4.69, 9.17) is 4.74 Å². The highest BCUT2D eigenvalue weighted by molar-refractivity contribution is 7.89. The van der Waals surface area contributed by atoms with Gasteiger partial charge in [-0.05, 0) is 44.2 Å². The Morgan fingerprint density at radius 3 is 2.39 bits per heavy atom. The number of benzene rings is 1. The average molecular weight is 447 g/mol. The molecule has 0 amide bonds. The molecule has 1 aromatic carbocycles. The van der Waals surface area contributed by atoms with Gasteiger partial charge in [-0.1, -0.05) is 25.1 Å². The van der Waals surface area contributed by atoms with E-state index in [2.05, 4.69) is 14.9 Å². The van der Waals surface area contributed by atoms with Crippen LogP contribution in [0, 0.1) is 12.8 Å². The van der Waals surface area contributed by atoms with Gasteiger partial charge in [0.2, 0.25) is 16.0 Å². The Kier molecular flexibility index (Phi) is 7.61. The second kappa shape index (κ2) is 10.2. The maximum atomic E-state index is 13.1. The van der Waals surface area contributed by atoms with Crippen LogP contribution in [0.5, 0.6) is 0 Å². The molecular formula is C22H30N4O4S. The fourth-order valence-electron chi connectivity index (χ4n) is 3.79. The number of piperidine rings is 1. The van der Waals surface area contributed by atoms with Crippen LogP contribution in [0.2, 0.25) is 0 Å². The van der Waals surface area contributed by atoms with Crippen LogP contribution >= 0.6 is 0 Å². The van der Waals surface area contributed by atoms with Crippen LogP contribution in [-0.2, 0) is 14.8 Å². The fourth-order valence-corrected chi connectivity index (χ4v) is 5.54. The number of nitrogens with zero attached hydrogens (tertiary/aromatic N) is 4. The minimum atomic E-state index is -3.51. The van der Waals surface area contributed by atoms with E-state index in [0.29, 0.717) is 36.1 Å². The third-order valence-corrected chi connectivity index (χ3v) is 7.67. The molecule has 0 bridgehead atoms. The standard InChI is InChI=1S/C22H30N4O4S/c1-4-26(31(28,29)20-9-7-6-8-17(20)3)16-18-10-12-25(13-11-18)22-23-14-19(15-24-22)21(27)30-5-2/h6-9,14-15,18H,4-5,10-13,16H2,1-3H3.